The number of fused-ring (bicyclic) bond motifs is 1. The molecule has 0 bridgehead atoms. The number of carbonyl (C=O) groups excluding carboxylic acids is 3. The lowest BCUT2D eigenvalue weighted by molar-refractivity contribution is -0.142. The average Bonchev–Trinajstić information content (AvgIpc) is 3.42. The van der Waals surface area contributed by atoms with Crippen LogP contribution in [0.15, 0.2) is 60.8 Å². The van der Waals surface area contributed by atoms with Gasteiger partial charge in [-0.1, -0.05) is 48.5 Å². The van der Waals surface area contributed by atoms with Crippen molar-refractivity contribution in [1.29, 1.82) is 0 Å². The van der Waals surface area contributed by atoms with Crippen LogP contribution in [0.25, 0.3) is 10.9 Å². The molecule has 4 unspecified atom stereocenters. The Hall–Kier alpha value is -4.26. The van der Waals surface area contributed by atoms with Crippen LogP contribution >= 0.6 is 0 Å². The zero-order valence-corrected chi connectivity index (χ0v) is 25.0. The number of hydrogen-bond acceptors (Lipinski definition) is 7. The Morgan fingerprint density at radius 2 is 1.25 bits per heavy atom. The van der Waals surface area contributed by atoms with E-state index in [9.17, 15) is 24.3 Å². The molecule has 0 aliphatic rings. The van der Waals surface area contributed by atoms with E-state index in [-0.39, 0.29) is 25.7 Å². The summed E-state index contributed by atoms with van der Waals surface area (Å²) in [7, 11) is 0. The van der Waals surface area contributed by atoms with Gasteiger partial charge in [0.25, 0.3) is 0 Å². The second kappa shape index (κ2) is 17.8. The number of nitrogens with one attached hydrogen (secondary N) is 4. The highest BCUT2D eigenvalue weighted by molar-refractivity contribution is 5.94. The molecule has 238 valence electrons. The number of rotatable bonds is 19. The molecule has 0 aliphatic heterocycles. The van der Waals surface area contributed by atoms with E-state index < -0.39 is 47.9 Å². The minimum atomic E-state index is -1.19. The van der Waals surface area contributed by atoms with Gasteiger partial charge in [-0.25, -0.2) is 4.79 Å². The highest BCUT2D eigenvalue weighted by Crippen LogP contribution is 2.19. The van der Waals surface area contributed by atoms with Crippen LogP contribution in [0.1, 0.15) is 49.7 Å². The summed E-state index contributed by atoms with van der Waals surface area (Å²) in [5.41, 5.74) is 20.1. The van der Waals surface area contributed by atoms with Crippen LogP contribution in [0.2, 0.25) is 0 Å². The maximum absolute atomic E-state index is 13.5. The first-order chi connectivity index (χ1) is 21.2. The highest BCUT2D eigenvalue weighted by Gasteiger charge is 2.30. The molecule has 0 spiro atoms. The van der Waals surface area contributed by atoms with E-state index in [1.807, 2.05) is 36.5 Å². The Morgan fingerprint density at radius 3 is 1.84 bits per heavy atom. The van der Waals surface area contributed by atoms with E-state index in [2.05, 4.69) is 20.9 Å². The summed E-state index contributed by atoms with van der Waals surface area (Å²) in [6.07, 6.45) is 5.04. The maximum Gasteiger partial charge on any atom is 0.326 e. The van der Waals surface area contributed by atoms with Crippen LogP contribution in [0.4, 0.5) is 0 Å². The second-order valence-electron chi connectivity index (χ2n) is 11.0. The van der Waals surface area contributed by atoms with Gasteiger partial charge in [0, 0.05) is 23.5 Å². The smallest absolute Gasteiger partial charge is 0.326 e. The van der Waals surface area contributed by atoms with E-state index in [1.54, 1.807) is 24.3 Å². The van der Waals surface area contributed by atoms with Gasteiger partial charge in [0.05, 0.1) is 6.04 Å². The van der Waals surface area contributed by atoms with Crippen LogP contribution in [0, 0.1) is 0 Å². The molecule has 0 aliphatic carbocycles. The zero-order chi connectivity index (χ0) is 31.9. The van der Waals surface area contributed by atoms with Gasteiger partial charge in [-0.05, 0) is 75.2 Å². The second-order valence-corrected chi connectivity index (χ2v) is 11.0. The van der Waals surface area contributed by atoms with Crippen molar-refractivity contribution in [1.82, 2.24) is 20.9 Å². The summed E-state index contributed by atoms with van der Waals surface area (Å²) in [5, 5.41) is 18.8. The molecule has 4 atom stereocenters. The van der Waals surface area contributed by atoms with Crippen LogP contribution < -0.4 is 33.2 Å². The largest absolute Gasteiger partial charge is 0.480 e. The molecule has 0 fully saturated rings. The first kappa shape index (κ1) is 34.2. The third-order valence-electron chi connectivity index (χ3n) is 7.51. The van der Waals surface area contributed by atoms with Gasteiger partial charge in [-0.3, -0.25) is 14.4 Å². The Kier molecular flexibility index (Phi) is 13.8. The first-order valence-corrected chi connectivity index (χ1v) is 15.1. The average molecular weight is 608 g/mol. The third kappa shape index (κ3) is 10.5. The van der Waals surface area contributed by atoms with Crippen molar-refractivity contribution in [2.45, 2.75) is 75.5 Å². The molecule has 3 rings (SSSR count). The number of H-pyrrole nitrogens is 1. The van der Waals surface area contributed by atoms with Crippen LogP contribution in [0.3, 0.4) is 0 Å². The summed E-state index contributed by atoms with van der Waals surface area (Å²) in [6, 6.07) is 12.5. The normalized spacial score (nSPS) is 13.9. The van der Waals surface area contributed by atoms with E-state index >= 15 is 0 Å². The quantitative estimate of drug-likeness (QED) is 0.0920. The van der Waals surface area contributed by atoms with E-state index in [0.717, 1.165) is 22.0 Å². The molecule has 11 N–H and O–H groups in total. The number of aromatic nitrogens is 1. The molecule has 1 aromatic heterocycles. The molecule has 0 saturated heterocycles. The van der Waals surface area contributed by atoms with Gasteiger partial charge in [0.2, 0.25) is 17.7 Å². The number of para-hydroxylation sites is 1. The molecule has 3 aromatic rings. The van der Waals surface area contributed by atoms with Gasteiger partial charge >= 0.3 is 5.97 Å². The molecule has 3 amide bonds. The number of benzene rings is 2. The summed E-state index contributed by atoms with van der Waals surface area (Å²) in [4.78, 5) is 55.2. The monoisotopic (exact) mass is 607 g/mol. The topological polar surface area (TPSA) is 218 Å². The van der Waals surface area contributed by atoms with Crippen molar-refractivity contribution < 1.29 is 24.3 Å². The first-order valence-electron chi connectivity index (χ1n) is 15.1. The fourth-order valence-corrected chi connectivity index (χ4v) is 5.03. The van der Waals surface area contributed by atoms with E-state index in [1.165, 1.54) is 0 Å². The van der Waals surface area contributed by atoms with Crippen molar-refractivity contribution in [3.8, 4) is 0 Å². The Labute approximate surface area is 257 Å². The van der Waals surface area contributed by atoms with Gasteiger partial charge in [-0.2, -0.15) is 0 Å². The van der Waals surface area contributed by atoms with E-state index in [0.29, 0.717) is 38.8 Å². The van der Waals surface area contributed by atoms with Crippen LogP contribution in [-0.4, -0.2) is 71.0 Å². The minimum absolute atomic E-state index is 0.0808. The summed E-state index contributed by atoms with van der Waals surface area (Å²) < 4.78 is 0. The molecule has 44 heavy (non-hydrogen) atoms. The predicted octanol–water partition coefficient (Wildman–Crippen LogP) is 1.08. The Morgan fingerprint density at radius 1 is 0.705 bits per heavy atom. The number of hydrogen-bond donors (Lipinski definition) is 8. The number of carbonyl (C=O) groups is 4. The maximum atomic E-state index is 13.5. The zero-order valence-electron chi connectivity index (χ0n) is 25.0. The number of carboxylic acid groups (broad SMARTS) is 1. The van der Waals surface area contributed by atoms with Crippen molar-refractivity contribution in [3.63, 3.8) is 0 Å². The molecule has 12 nitrogen and oxygen atoms in total. The van der Waals surface area contributed by atoms with Crippen LogP contribution in [-0.2, 0) is 32.0 Å². The number of amides is 3. The van der Waals surface area contributed by atoms with E-state index in [4.69, 9.17) is 17.2 Å². The molecule has 0 radical (unpaired) electrons. The third-order valence-corrected chi connectivity index (χ3v) is 7.51. The lowest BCUT2D eigenvalue weighted by atomic mass is 10.0. The Balaban J connectivity index is 1.70. The van der Waals surface area contributed by atoms with Crippen molar-refractivity contribution in [3.05, 3.63) is 71.9 Å². The summed E-state index contributed by atoms with van der Waals surface area (Å²) in [6.45, 7) is 0.824. The van der Waals surface area contributed by atoms with Crippen molar-refractivity contribution in [2.75, 3.05) is 13.1 Å². The summed E-state index contributed by atoms with van der Waals surface area (Å²) in [5.74, 6) is -2.87. The highest BCUT2D eigenvalue weighted by atomic mass is 16.4. The molecule has 12 heteroatoms. The van der Waals surface area contributed by atoms with Gasteiger partial charge in [0.1, 0.15) is 18.1 Å². The van der Waals surface area contributed by atoms with Crippen molar-refractivity contribution >= 4 is 34.6 Å². The minimum Gasteiger partial charge on any atom is -0.480 e. The fraction of sp³-hybridized carbons (Fsp3) is 0.438. The summed E-state index contributed by atoms with van der Waals surface area (Å²) >= 11 is 0. The SMILES string of the molecule is NCCCCC(NC(=O)C(N)Cc1c[nH]c2ccccc12)C(=O)NC(CCCCN)C(=O)NC(Cc1ccccc1)C(=O)O. The number of aromatic amines is 1. The van der Waals surface area contributed by atoms with Gasteiger partial charge in [0.15, 0.2) is 0 Å². The number of unbranched alkanes of at least 4 members (excludes halogenated alkanes) is 2. The molecular formula is C32H45N7O5. The predicted molar refractivity (Wildman–Crippen MR) is 169 cm³/mol. The number of aliphatic carboxylic acids is 1. The molecule has 0 saturated carbocycles. The lowest BCUT2D eigenvalue weighted by Crippen LogP contribution is -2.57. The van der Waals surface area contributed by atoms with Crippen LogP contribution in [0.5, 0.6) is 0 Å². The lowest BCUT2D eigenvalue weighted by Gasteiger charge is -2.25. The molecule has 2 aromatic carbocycles. The number of carboxylic acids is 1. The van der Waals surface area contributed by atoms with Gasteiger partial charge in [-0.15, -0.1) is 0 Å². The Bertz CT molecular complexity index is 1360. The standard InChI is InChI=1S/C32H45N7O5/c33-16-8-6-14-26(37-29(40)24(35)19-22-20-36-25-13-5-4-12-23(22)25)30(41)38-27(15-7-9-17-34)31(42)39-28(32(43)44)18-21-10-2-1-3-11-21/h1-5,10-13,20,24,26-28,36H,6-9,14-19,33-35H2,(H,37,40)(H,38,41)(H,39,42)(H,43,44). The number of nitrogens with two attached hydrogens (primary N) is 3. The van der Waals surface area contributed by atoms with Crippen molar-refractivity contribution in [2.24, 2.45) is 17.2 Å². The van der Waals surface area contributed by atoms with Gasteiger partial charge < -0.3 is 43.2 Å². The molecule has 1 heterocycles. The fourth-order valence-electron chi connectivity index (χ4n) is 5.03. The molecular weight excluding hydrogens is 562 g/mol.